The SMILES string of the molecule is Cc1cccnc1C(O)c1c(F)ccc(Br)c1F. The summed E-state index contributed by atoms with van der Waals surface area (Å²) >= 11 is 2.97. The highest BCUT2D eigenvalue weighted by molar-refractivity contribution is 9.10. The van der Waals surface area contributed by atoms with Crippen LogP contribution in [0.4, 0.5) is 8.78 Å². The van der Waals surface area contributed by atoms with Gasteiger partial charge in [0.05, 0.1) is 15.7 Å². The highest BCUT2D eigenvalue weighted by Crippen LogP contribution is 2.30. The van der Waals surface area contributed by atoms with Crippen LogP contribution in [0.25, 0.3) is 0 Å². The van der Waals surface area contributed by atoms with Crippen LogP contribution in [0.3, 0.4) is 0 Å². The second kappa shape index (κ2) is 5.12. The molecule has 1 aromatic carbocycles. The molecule has 0 amide bonds. The molecule has 0 spiro atoms. The number of aryl methyl sites for hydroxylation is 1. The van der Waals surface area contributed by atoms with Gasteiger partial charge in [0.15, 0.2) is 0 Å². The van der Waals surface area contributed by atoms with Gasteiger partial charge in [-0.3, -0.25) is 4.98 Å². The molecular formula is C13H10BrF2NO. The highest BCUT2D eigenvalue weighted by atomic mass is 79.9. The fraction of sp³-hybridized carbons (Fsp3) is 0.154. The predicted octanol–water partition coefficient (Wildman–Crippen LogP) is 3.51. The molecule has 1 atom stereocenters. The average molecular weight is 314 g/mol. The standard InChI is InChI=1S/C13H10BrF2NO/c1-7-3-2-6-17-12(7)13(18)10-9(15)5-4-8(14)11(10)16/h2-6,13,18H,1H3. The van der Waals surface area contributed by atoms with Crippen molar-refractivity contribution in [1.82, 2.24) is 4.98 Å². The molecule has 0 aliphatic heterocycles. The molecule has 2 rings (SSSR count). The topological polar surface area (TPSA) is 33.1 Å². The summed E-state index contributed by atoms with van der Waals surface area (Å²) in [6.45, 7) is 1.72. The number of aromatic nitrogens is 1. The maximum absolute atomic E-state index is 13.9. The fourth-order valence-electron chi connectivity index (χ4n) is 1.71. The molecule has 1 N–H and O–H groups in total. The molecule has 5 heteroatoms. The van der Waals surface area contributed by atoms with Gasteiger partial charge in [-0.15, -0.1) is 0 Å². The van der Waals surface area contributed by atoms with Gasteiger partial charge in [-0.25, -0.2) is 8.78 Å². The van der Waals surface area contributed by atoms with E-state index >= 15 is 0 Å². The van der Waals surface area contributed by atoms with Crippen LogP contribution in [-0.2, 0) is 0 Å². The molecule has 0 fully saturated rings. The lowest BCUT2D eigenvalue weighted by molar-refractivity contribution is 0.203. The number of benzene rings is 1. The maximum atomic E-state index is 13.9. The lowest BCUT2D eigenvalue weighted by Crippen LogP contribution is -2.09. The number of pyridine rings is 1. The van der Waals surface area contributed by atoms with E-state index in [1.165, 1.54) is 12.3 Å². The monoisotopic (exact) mass is 313 g/mol. The first-order chi connectivity index (χ1) is 8.52. The summed E-state index contributed by atoms with van der Waals surface area (Å²) in [7, 11) is 0. The van der Waals surface area contributed by atoms with Gasteiger partial charge < -0.3 is 5.11 Å². The first-order valence-electron chi connectivity index (χ1n) is 5.25. The summed E-state index contributed by atoms with van der Waals surface area (Å²) < 4.78 is 27.6. The van der Waals surface area contributed by atoms with Crippen LogP contribution in [0.5, 0.6) is 0 Å². The van der Waals surface area contributed by atoms with Crippen molar-refractivity contribution in [3.8, 4) is 0 Å². The molecular weight excluding hydrogens is 304 g/mol. The Morgan fingerprint density at radius 1 is 1.28 bits per heavy atom. The maximum Gasteiger partial charge on any atom is 0.146 e. The van der Waals surface area contributed by atoms with Gasteiger partial charge in [-0.05, 0) is 46.6 Å². The zero-order chi connectivity index (χ0) is 13.3. The van der Waals surface area contributed by atoms with Crippen molar-refractivity contribution in [2.24, 2.45) is 0 Å². The molecule has 94 valence electrons. The Balaban J connectivity index is 2.56. The van der Waals surface area contributed by atoms with Gasteiger partial charge in [0.2, 0.25) is 0 Å². The third-order valence-electron chi connectivity index (χ3n) is 2.66. The molecule has 0 saturated carbocycles. The van der Waals surface area contributed by atoms with Crippen LogP contribution in [0.1, 0.15) is 22.9 Å². The third-order valence-corrected chi connectivity index (χ3v) is 3.27. The van der Waals surface area contributed by atoms with Crippen molar-refractivity contribution >= 4 is 15.9 Å². The number of aliphatic hydroxyl groups is 1. The summed E-state index contributed by atoms with van der Waals surface area (Å²) in [4.78, 5) is 3.97. The van der Waals surface area contributed by atoms with Crippen LogP contribution in [-0.4, -0.2) is 10.1 Å². The average Bonchev–Trinajstić information content (AvgIpc) is 2.35. The summed E-state index contributed by atoms with van der Waals surface area (Å²) in [6.07, 6.45) is 0.0444. The number of aliphatic hydroxyl groups excluding tert-OH is 1. The number of hydrogen-bond donors (Lipinski definition) is 1. The van der Waals surface area contributed by atoms with E-state index in [1.807, 2.05) is 0 Å². The Kier molecular flexibility index (Phi) is 3.73. The number of hydrogen-bond acceptors (Lipinski definition) is 2. The van der Waals surface area contributed by atoms with E-state index in [4.69, 9.17) is 0 Å². The second-order valence-corrected chi connectivity index (χ2v) is 4.72. The lowest BCUT2D eigenvalue weighted by atomic mass is 10.0. The summed E-state index contributed by atoms with van der Waals surface area (Å²) in [5, 5.41) is 10.1. The number of rotatable bonds is 2. The molecule has 2 nitrogen and oxygen atoms in total. The minimum atomic E-state index is -1.43. The Hall–Kier alpha value is -1.33. The van der Waals surface area contributed by atoms with E-state index in [9.17, 15) is 13.9 Å². The summed E-state index contributed by atoms with van der Waals surface area (Å²) in [6, 6.07) is 5.77. The zero-order valence-electron chi connectivity index (χ0n) is 9.49. The van der Waals surface area contributed by atoms with Crippen molar-refractivity contribution in [1.29, 1.82) is 0 Å². The summed E-state index contributed by atoms with van der Waals surface area (Å²) in [5.74, 6) is -1.61. The molecule has 1 heterocycles. The molecule has 0 radical (unpaired) electrons. The number of halogens is 3. The summed E-state index contributed by atoms with van der Waals surface area (Å²) in [5.41, 5.74) is 0.517. The van der Waals surface area contributed by atoms with Gasteiger partial charge in [0.25, 0.3) is 0 Å². The van der Waals surface area contributed by atoms with E-state index in [0.717, 1.165) is 6.07 Å². The van der Waals surface area contributed by atoms with Crippen LogP contribution in [0, 0.1) is 18.6 Å². The normalized spacial score (nSPS) is 12.5. The molecule has 18 heavy (non-hydrogen) atoms. The first-order valence-corrected chi connectivity index (χ1v) is 6.04. The minimum Gasteiger partial charge on any atom is -0.382 e. The van der Waals surface area contributed by atoms with Crippen LogP contribution in [0.2, 0.25) is 0 Å². The van der Waals surface area contributed by atoms with Crippen molar-refractivity contribution in [2.75, 3.05) is 0 Å². The molecule has 0 saturated heterocycles. The van der Waals surface area contributed by atoms with E-state index in [0.29, 0.717) is 5.56 Å². The molecule has 1 unspecified atom stereocenters. The van der Waals surface area contributed by atoms with Gasteiger partial charge in [-0.2, -0.15) is 0 Å². The Labute approximate surface area is 111 Å². The van der Waals surface area contributed by atoms with Crippen LogP contribution in [0.15, 0.2) is 34.9 Å². The molecule has 0 bridgehead atoms. The molecule has 0 aliphatic carbocycles. The van der Waals surface area contributed by atoms with Gasteiger partial charge in [-0.1, -0.05) is 6.07 Å². The molecule has 0 aliphatic rings. The first kappa shape index (κ1) is 13.1. The second-order valence-electron chi connectivity index (χ2n) is 3.86. The smallest absolute Gasteiger partial charge is 0.146 e. The van der Waals surface area contributed by atoms with Crippen molar-refractivity contribution in [3.05, 3.63) is 63.4 Å². The lowest BCUT2D eigenvalue weighted by Gasteiger charge is -2.15. The minimum absolute atomic E-state index is 0.103. The van der Waals surface area contributed by atoms with Gasteiger partial charge in [0, 0.05) is 6.20 Å². The quantitative estimate of drug-likeness (QED) is 0.861. The third kappa shape index (κ3) is 2.28. The molecule has 1 aromatic heterocycles. The van der Waals surface area contributed by atoms with Gasteiger partial charge in [0.1, 0.15) is 17.7 Å². The van der Waals surface area contributed by atoms with Crippen molar-refractivity contribution < 1.29 is 13.9 Å². The Morgan fingerprint density at radius 3 is 2.67 bits per heavy atom. The number of nitrogens with zero attached hydrogens (tertiary/aromatic N) is 1. The van der Waals surface area contributed by atoms with Crippen LogP contribution >= 0.6 is 15.9 Å². The van der Waals surface area contributed by atoms with Gasteiger partial charge >= 0.3 is 0 Å². The van der Waals surface area contributed by atoms with Crippen LogP contribution < -0.4 is 0 Å². The van der Waals surface area contributed by atoms with E-state index in [1.54, 1.807) is 19.1 Å². The predicted molar refractivity (Wildman–Crippen MR) is 67.1 cm³/mol. The van der Waals surface area contributed by atoms with Crippen molar-refractivity contribution in [2.45, 2.75) is 13.0 Å². The zero-order valence-corrected chi connectivity index (χ0v) is 11.1. The van der Waals surface area contributed by atoms with Crippen molar-refractivity contribution in [3.63, 3.8) is 0 Å². The van der Waals surface area contributed by atoms with E-state index in [-0.39, 0.29) is 10.2 Å². The Bertz CT molecular complexity index is 589. The fourth-order valence-corrected chi connectivity index (χ4v) is 2.06. The highest BCUT2D eigenvalue weighted by Gasteiger charge is 2.23. The Morgan fingerprint density at radius 2 is 2.00 bits per heavy atom. The largest absolute Gasteiger partial charge is 0.382 e. The van der Waals surface area contributed by atoms with E-state index < -0.39 is 23.3 Å². The molecule has 2 aromatic rings. The van der Waals surface area contributed by atoms with E-state index in [2.05, 4.69) is 20.9 Å².